The molecular weight excluding hydrogens is 325 g/mol. The average molecular weight is 337 g/mol. The molecule has 0 N–H and O–H groups in total. The molecule has 0 amide bonds. The van der Waals surface area contributed by atoms with Gasteiger partial charge in [0.05, 0.1) is 22.2 Å². The van der Waals surface area contributed by atoms with Crippen LogP contribution >= 0.6 is 34.8 Å². The second-order valence-electron chi connectivity index (χ2n) is 3.67. The number of hydrogen-bond acceptors (Lipinski definition) is 4. The molecule has 108 valence electrons. The van der Waals surface area contributed by atoms with Gasteiger partial charge in [0.1, 0.15) is 10.7 Å². The standard InChI is InChI=1S/C13H12Cl3NO3/c1-3-5-7(13(19)20-4-2)11(18)8-6-17-12(16)10(15)9(8)14/h5-6H,3-4H2,1-2H3. The number of hydrogen-bond donors (Lipinski definition) is 0. The van der Waals surface area contributed by atoms with Crippen molar-refractivity contribution in [3.05, 3.63) is 38.6 Å². The summed E-state index contributed by atoms with van der Waals surface area (Å²) in [6.45, 7) is 3.61. The van der Waals surface area contributed by atoms with Crippen molar-refractivity contribution >= 4 is 46.6 Å². The van der Waals surface area contributed by atoms with Crippen LogP contribution in [0.4, 0.5) is 0 Å². The van der Waals surface area contributed by atoms with Crippen molar-refractivity contribution in [1.82, 2.24) is 4.98 Å². The van der Waals surface area contributed by atoms with E-state index in [0.29, 0.717) is 6.42 Å². The van der Waals surface area contributed by atoms with E-state index >= 15 is 0 Å². The Balaban J connectivity index is 3.24. The molecule has 0 spiro atoms. The van der Waals surface area contributed by atoms with E-state index < -0.39 is 11.8 Å². The Morgan fingerprint density at radius 3 is 2.45 bits per heavy atom. The van der Waals surface area contributed by atoms with Crippen LogP contribution in [0.1, 0.15) is 30.6 Å². The highest BCUT2D eigenvalue weighted by Crippen LogP contribution is 2.32. The number of esters is 1. The first-order valence-corrected chi connectivity index (χ1v) is 6.98. The predicted octanol–water partition coefficient (Wildman–Crippen LogP) is 4.12. The van der Waals surface area contributed by atoms with Crippen molar-refractivity contribution in [1.29, 1.82) is 0 Å². The van der Waals surface area contributed by atoms with Gasteiger partial charge in [0.2, 0.25) is 5.78 Å². The van der Waals surface area contributed by atoms with Crippen molar-refractivity contribution < 1.29 is 14.3 Å². The highest BCUT2D eigenvalue weighted by atomic mass is 35.5. The number of rotatable bonds is 5. The van der Waals surface area contributed by atoms with Gasteiger partial charge < -0.3 is 4.74 Å². The van der Waals surface area contributed by atoms with Crippen LogP contribution in [0.2, 0.25) is 15.2 Å². The maximum absolute atomic E-state index is 12.3. The van der Waals surface area contributed by atoms with E-state index in [0.717, 1.165) is 0 Å². The van der Waals surface area contributed by atoms with Crippen LogP contribution in [-0.4, -0.2) is 23.3 Å². The Morgan fingerprint density at radius 2 is 1.90 bits per heavy atom. The number of ether oxygens (including phenoxy) is 1. The van der Waals surface area contributed by atoms with E-state index in [9.17, 15) is 9.59 Å². The lowest BCUT2D eigenvalue weighted by Gasteiger charge is -2.08. The molecule has 0 aromatic carbocycles. The average Bonchev–Trinajstić information content (AvgIpc) is 2.42. The van der Waals surface area contributed by atoms with Gasteiger partial charge in [-0.3, -0.25) is 4.79 Å². The van der Waals surface area contributed by atoms with Crippen LogP contribution in [0.25, 0.3) is 0 Å². The molecule has 0 saturated heterocycles. The summed E-state index contributed by atoms with van der Waals surface area (Å²) in [4.78, 5) is 27.9. The molecule has 0 aliphatic heterocycles. The summed E-state index contributed by atoms with van der Waals surface area (Å²) < 4.78 is 4.84. The monoisotopic (exact) mass is 335 g/mol. The number of nitrogens with zero attached hydrogens (tertiary/aromatic N) is 1. The van der Waals surface area contributed by atoms with Crippen LogP contribution in [0.3, 0.4) is 0 Å². The number of ketones is 1. The van der Waals surface area contributed by atoms with Gasteiger partial charge in [-0.05, 0) is 13.3 Å². The summed E-state index contributed by atoms with van der Waals surface area (Å²) in [5, 5.41) is -0.0766. The third kappa shape index (κ3) is 3.72. The van der Waals surface area contributed by atoms with Crippen molar-refractivity contribution in [2.45, 2.75) is 20.3 Å². The molecule has 0 unspecified atom stereocenters. The minimum atomic E-state index is -0.707. The molecule has 0 aliphatic carbocycles. The van der Waals surface area contributed by atoms with E-state index in [1.54, 1.807) is 13.8 Å². The summed E-state index contributed by atoms with van der Waals surface area (Å²) in [6, 6.07) is 0. The predicted molar refractivity (Wildman–Crippen MR) is 78.6 cm³/mol. The lowest BCUT2D eigenvalue weighted by molar-refractivity contribution is -0.138. The zero-order valence-electron chi connectivity index (χ0n) is 10.9. The first-order valence-electron chi connectivity index (χ1n) is 5.85. The quantitative estimate of drug-likeness (QED) is 0.203. The van der Waals surface area contributed by atoms with E-state index in [-0.39, 0.29) is 32.9 Å². The van der Waals surface area contributed by atoms with Crippen molar-refractivity contribution in [3.8, 4) is 0 Å². The summed E-state index contributed by atoms with van der Waals surface area (Å²) in [5.74, 6) is -1.30. The zero-order valence-corrected chi connectivity index (χ0v) is 13.1. The Morgan fingerprint density at radius 1 is 1.25 bits per heavy atom. The number of Topliss-reactive ketones (excluding diaryl/α,β-unsaturated/α-hetero) is 1. The summed E-state index contributed by atoms with van der Waals surface area (Å²) in [7, 11) is 0. The normalized spacial score (nSPS) is 11.3. The summed E-state index contributed by atoms with van der Waals surface area (Å²) in [5.41, 5.74) is -0.0924. The van der Waals surface area contributed by atoms with Crippen LogP contribution < -0.4 is 0 Å². The van der Waals surface area contributed by atoms with Crippen LogP contribution in [0.5, 0.6) is 0 Å². The lowest BCUT2D eigenvalue weighted by atomic mass is 10.0. The molecule has 4 nitrogen and oxygen atoms in total. The lowest BCUT2D eigenvalue weighted by Crippen LogP contribution is -2.17. The number of pyridine rings is 1. The maximum atomic E-state index is 12.3. The fourth-order valence-electron chi connectivity index (χ4n) is 1.43. The second kappa shape index (κ2) is 7.62. The Kier molecular flexibility index (Phi) is 6.46. The molecule has 1 aromatic rings. The molecular formula is C13H12Cl3NO3. The van der Waals surface area contributed by atoms with E-state index in [1.165, 1.54) is 12.3 Å². The van der Waals surface area contributed by atoms with Gasteiger partial charge in [-0.25, -0.2) is 9.78 Å². The third-order valence-electron chi connectivity index (χ3n) is 2.31. The molecule has 0 atom stereocenters. The topological polar surface area (TPSA) is 56.3 Å². The first kappa shape index (κ1) is 17.0. The number of halogens is 3. The second-order valence-corrected chi connectivity index (χ2v) is 4.78. The Hall–Kier alpha value is -1.10. The van der Waals surface area contributed by atoms with Crippen molar-refractivity contribution in [2.24, 2.45) is 0 Å². The number of carbonyl (C=O) groups excluding carboxylic acids is 2. The van der Waals surface area contributed by atoms with E-state index in [2.05, 4.69) is 4.98 Å². The van der Waals surface area contributed by atoms with Gasteiger partial charge in [0.25, 0.3) is 0 Å². The SMILES string of the molecule is CCC=C(C(=O)OCC)C(=O)c1cnc(Cl)c(Cl)c1Cl. The molecule has 0 aliphatic rings. The summed E-state index contributed by atoms with van der Waals surface area (Å²) >= 11 is 17.5. The minimum absolute atomic E-state index is 0.00817. The van der Waals surface area contributed by atoms with Gasteiger partial charge in [-0.1, -0.05) is 47.8 Å². The highest BCUT2D eigenvalue weighted by molar-refractivity contribution is 6.49. The van der Waals surface area contributed by atoms with E-state index in [1.807, 2.05) is 0 Å². The largest absolute Gasteiger partial charge is 0.462 e. The molecule has 0 bridgehead atoms. The van der Waals surface area contributed by atoms with E-state index in [4.69, 9.17) is 39.5 Å². The smallest absolute Gasteiger partial charge is 0.341 e. The molecule has 0 saturated carbocycles. The van der Waals surface area contributed by atoms with Gasteiger partial charge >= 0.3 is 5.97 Å². The fraction of sp³-hybridized carbons (Fsp3) is 0.308. The Labute approximate surface area is 131 Å². The van der Waals surface area contributed by atoms with Crippen molar-refractivity contribution in [2.75, 3.05) is 6.61 Å². The first-order chi connectivity index (χ1) is 9.43. The zero-order chi connectivity index (χ0) is 15.3. The molecule has 0 radical (unpaired) electrons. The highest BCUT2D eigenvalue weighted by Gasteiger charge is 2.24. The van der Waals surface area contributed by atoms with Crippen molar-refractivity contribution in [3.63, 3.8) is 0 Å². The third-order valence-corrected chi connectivity index (χ3v) is 3.55. The van der Waals surface area contributed by atoms with Gasteiger partial charge in [0, 0.05) is 6.20 Å². The maximum Gasteiger partial charge on any atom is 0.341 e. The number of aromatic nitrogens is 1. The molecule has 1 heterocycles. The molecule has 1 aromatic heterocycles. The summed E-state index contributed by atoms with van der Waals surface area (Å²) in [6.07, 6.45) is 3.15. The molecule has 0 fully saturated rings. The van der Waals surface area contributed by atoms with Crippen LogP contribution in [-0.2, 0) is 9.53 Å². The van der Waals surface area contributed by atoms with Gasteiger partial charge in [-0.15, -0.1) is 0 Å². The fourth-order valence-corrected chi connectivity index (χ4v) is 1.99. The van der Waals surface area contributed by atoms with Crippen LogP contribution in [0.15, 0.2) is 17.8 Å². The van der Waals surface area contributed by atoms with Gasteiger partial charge in [-0.2, -0.15) is 0 Å². The molecule has 20 heavy (non-hydrogen) atoms. The molecule has 7 heteroatoms. The number of allylic oxidation sites excluding steroid dienone is 1. The number of carbonyl (C=O) groups is 2. The minimum Gasteiger partial charge on any atom is -0.462 e. The molecule has 1 rings (SSSR count). The Bertz CT molecular complexity index is 570. The van der Waals surface area contributed by atoms with Crippen LogP contribution in [0, 0.1) is 0 Å². The van der Waals surface area contributed by atoms with Gasteiger partial charge in [0.15, 0.2) is 0 Å².